The fraction of sp³-hybridized carbons (Fsp3) is 0.933. The fourth-order valence-corrected chi connectivity index (χ4v) is 3.64. The summed E-state index contributed by atoms with van der Waals surface area (Å²) in [6, 6.07) is 0.306. The standard InChI is InChI=1S/C15H28N2O/c1-13(2)9-11(13)12(18)16-10-7-14(3,4)17-15(5,6)8-10/h10-11,17H,7-9H2,1-6H3,(H,16,18). The predicted molar refractivity (Wildman–Crippen MR) is 74.3 cm³/mol. The summed E-state index contributed by atoms with van der Waals surface area (Å²) in [5, 5.41) is 6.91. The third-order valence-electron chi connectivity index (χ3n) is 4.37. The third kappa shape index (κ3) is 3.05. The molecular weight excluding hydrogens is 224 g/mol. The van der Waals surface area contributed by atoms with Crippen LogP contribution >= 0.6 is 0 Å². The predicted octanol–water partition coefficient (Wildman–Crippen LogP) is 2.46. The lowest BCUT2D eigenvalue weighted by Crippen LogP contribution is -2.62. The number of nitrogens with one attached hydrogen (secondary N) is 2. The molecule has 0 aromatic carbocycles. The Hall–Kier alpha value is -0.570. The van der Waals surface area contributed by atoms with Crippen LogP contribution in [0.15, 0.2) is 0 Å². The average Bonchev–Trinajstić information content (AvgIpc) is 2.68. The minimum atomic E-state index is 0.0960. The molecule has 104 valence electrons. The Morgan fingerprint density at radius 2 is 1.44 bits per heavy atom. The van der Waals surface area contributed by atoms with E-state index in [1.54, 1.807) is 0 Å². The molecule has 1 heterocycles. The lowest BCUT2D eigenvalue weighted by Gasteiger charge is -2.46. The molecule has 18 heavy (non-hydrogen) atoms. The summed E-state index contributed by atoms with van der Waals surface area (Å²) >= 11 is 0. The molecule has 0 bridgehead atoms. The van der Waals surface area contributed by atoms with Crippen molar-refractivity contribution in [1.29, 1.82) is 0 Å². The quantitative estimate of drug-likeness (QED) is 0.792. The smallest absolute Gasteiger partial charge is 0.223 e. The van der Waals surface area contributed by atoms with E-state index in [-0.39, 0.29) is 28.3 Å². The zero-order valence-corrected chi connectivity index (χ0v) is 12.7. The molecule has 1 atom stereocenters. The molecule has 0 aromatic rings. The van der Waals surface area contributed by atoms with Crippen molar-refractivity contribution in [1.82, 2.24) is 10.6 Å². The summed E-state index contributed by atoms with van der Waals surface area (Å²) in [7, 11) is 0. The number of amides is 1. The van der Waals surface area contributed by atoms with Crippen LogP contribution in [-0.2, 0) is 4.79 Å². The molecule has 1 unspecified atom stereocenters. The Bertz CT molecular complexity index is 342. The van der Waals surface area contributed by atoms with Gasteiger partial charge in [-0.25, -0.2) is 0 Å². The molecule has 3 nitrogen and oxygen atoms in total. The highest BCUT2D eigenvalue weighted by atomic mass is 16.2. The normalized spacial score (nSPS) is 32.9. The van der Waals surface area contributed by atoms with Crippen molar-refractivity contribution in [3.8, 4) is 0 Å². The molecule has 0 radical (unpaired) electrons. The van der Waals surface area contributed by atoms with Gasteiger partial charge in [0.05, 0.1) is 0 Å². The first-order valence-electron chi connectivity index (χ1n) is 7.11. The summed E-state index contributed by atoms with van der Waals surface area (Å²) in [5.41, 5.74) is 0.416. The second kappa shape index (κ2) is 3.96. The lowest BCUT2D eigenvalue weighted by molar-refractivity contribution is -0.124. The van der Waals surface area contributed by atoms with Gasteiger partial charge in [-0.3, -0.25) is 4.79 Å². The molecule has 2 N–H and O–H groups in total. The van der Waals surface area contributed by atoms with Crippen LogP contribution in [0.4, 0.5) is 0 Å². The molecule has 2 fully saturated rings. The van der Waals surface area contributed by atoms with Crippen LogP contribution in [-0.4, -0.2) is 23.0 Å². The van der Waals surface area contributed by atoms with Crippen molar-refractivity contribution >= 4 is 5.91 Å². The molecule has 1 aliphatic carbocycles. The van der Waals surface area contributed by atoms with Gasteiger partial charge < -0.3 is 10.6 Å². The SMILES string of the molecule is CC1(C)CC(NC(=O)C2CC2(C)C)CC(C)(C)N1. The maximum Gasteiger partial charge on any atom is 0.223 e. The van der Waals surface area contributed by atoms with E-state index in [0.29, 0.717) is 6.04 Å². The van der Waals surface area contributed by atoms with E-state index >= 15 is 0 Å². The van der Waals surface area contributed by atoms with E-state index in [1.165, 1.54) is 0 Å². The van der Waals surface area contributed by atoms with Crippen LogP contribution in [0.2, 0.25) is 0 Å². The van der Waals surface area contributed by atoms with Gasteiger partial charge in [-0.2, -0.15) is 0 Å². The zero-order valence-electron chi connectivity index (χ0n) is 12.7. The molecule has 1 amide bonds. The van der Waals surface area contributed by atoms with Crippen molar-refractivity contribution in [2.75, 3.05) is 0 Å². The Morgan fingerprint density at radius 1 is 1.00 bits per heavy atom. The van der Waals surface area contributed by atoms with Crippen molar-refractivity contribution in [2.24, 2.45) is 11.3 Å². The first-order valence-corrected chi connectivity index (χ1v) is 7.11. The molecule has 1 saturated carbocycles. The van der Waals surface area contributed by atoms with Crippen LogP contribution in [0.3, 0.4) is 0 Å². The van der Waals surface area contributed by atoms with Gasteiger partial charge in [0.15, 0.2) is 0 Å². The number of carbonyl (C=O) groups excluding carboxylic acids is 1. The Balaban J connectivity index is 1.95. The number of hydrogen-bond donors (Lipinski definition) is 2. The average molecular weight is 252 g/mol. The van der Waals surface area contributed by atoms with Gasteiger partial charge in [0.1, 0.15) is 0 Å². The summed E-state index contributed by atoms with van der Waals surface area (Å²) in [6.07, 6.45) is 3.06. The number of piperidine rings is 1. The monoisotopic (exact) mass is 252 g/mol. The van der Waals surface area contributed by atoms with Gasteiger partial charge in [-0.15, -0.1) is 0 Å². The maximum absolute atomic E-state index is 12.2. The molecule has 0 aromatic heterocycles. The molecule has 2 rings (SSSR count). The van der Waals surface area contributed by atoms with Crippen LogP contribution < -0.4 is 10.6 Å². The van der Waals surface area contributed by atoms with E-state index in [2.05, 4.69) is 52.2 Å². The minimum absolute atomic E-state index is 0.0960. The molecule has 2 aliphatic rings. The van der Waals surface area contributed by atoms with Crippen molar-refractivity contribution in [2.45, 2.75) is 77.9 Å². The van der Waals surface area contributed by atoms with Crippen LogP contribution in [0, 0.1) is 11.3 Å². The third-order valence-corrected chi connectivity index (χ3v) is 4.37. The van der Waals surface area contributed by atoms with E-state index in [0.717, 1.165) is 19.3 Å². The van der Waals surface area contributed by atoms with E-state index < -0.39 is 0 Å². The second-order valence-electron chi connectivity index (χ2n) is 8.25. The number of rotatable bonds is 2. The highest BCUT2D eigenvalue weighted by Crippen LogP contribution is 2.51. The van der Waals surface area contributed by atoms with Gasteiger partial charge in [-0.1, -0.05) is 13.8 Å². The van der Waals surface area contributed by atoms with Crippen LogP contribution in [0.1, 0.15) is 60.8 Å². The summed E-state index contributed by atoms with van der Waals surface area (Å²) in [4.78, 5) is 12.2. The van der Waals surface area contributed by atoms with Gasteiger partial charge in [-0.05, 0) is 52.4 Å². The van der Waals surface area contributed by atoms with Crippen molar-refractivity contribution in [3.05, 3.63) is 0 Å². The first-order chi connectivity index (χ1) is 8.01. The van der Waals surface area contributed by atoms with Gasteiger partial charge in [0, 0.05) is 23.0 Å². The van der Waals surface area contributed by atoms with Gasteiger partial charge in [0.25, 0.3) is 0 Å². The summed E-state index contributed by atoms with van der Waals surface area (Å²) in [5.74, 6) is 0.497. The van der Waals surface area contributed by atoms with E-state index in [1.807, 2.05) is 0 Å². The number of carbonyl (C=O) groups is 1. The Kier molecular flexibility index (Phi) is 3.05. The van der Waals surface area contributed by atoms with E-state index in [9.17, 15) is 4.79 Å². The highest BCUT2D eigenvalue weighted by Gasteiger charge is 2.51. The Morgan fingerprint density at radius 3 is 1.83 bits per heavy atom. The van der Waals surface area contributed by atoms with Crippen molar-refractivity contribution < 1.29 is 4.79 Å². The van der Waals surface area contributed by atoms with E-state index in [4.69, 9.17) is 0 Å². The highest BCUT2D eigenvalue weighted by molar-refractivity contribution is 5.82. The molecule has 0 spiro atoms. The zero-order chi connectivity index (χ0) is 13.8. The lowest BCUT2D eigenvalue weighted by atomic mass is 9.79. The largest absolute Gasteiger partial charge is 0.353 e. The van der Waals surface area contributed by atoms with Crippen LogP contribution in [0.25, 0.3) is 0 Å². The first kappa shape index (κ1) is 13.9. The Labute approximate surface area is 111 Å². The van der Waals surface area contributed by atoms with Crippen LogP contribution in [0.5, 0.6) is 0 Å². The second-order valence-corrected chi connectivity index (χ2v) is 8.25. The molecule has 3 heteroatoms. The minimum Gasteiger partial charge on any atom is -0.353 e. The molecular formula is C15H28N2O. The van der Waals surface area contributed by atoms with Crippen molar-refractivity contribution in [3.63, 3.8) is 0 Å². The molecule has 1 saturated heterocycles. The van der Waals surface area contributed by atoms with Gasteiger partial charge in [0.2, 0.25) is 5.91 Å². The topological polar surface area (TPSA) is 41.1 Å². The summed E-state index contributed by atoms with van der Waals surface area (Å²) in [6.45, 7) is 13.2. The van der Waals surface area contributed by atoms with Gasteiger partial charge >= 0.3 is 0 Å². The number of hydrogen-bond acceptors (Lipinski definition) is 2. The summed E-state index contributed by atoms with van der Waals surface area (Å²) < 4.78 is 0. The fourth-order valence-electron chi connectivity index (χ4n) is 3.64. The molecule has 1 aliphatic heterocycles. The maximum atomic E-state index is 12.2.